The molecule has 0 radical (unpaired) electrons. The number of ether oxygens (including phenoxy) is 1. The molecule has 2 atom stereocenters. The molecule has 0 aromatic heterocycles. The number of amides is 5. The molecule has 1 heterocycles. The highest BCUT2D eigenvalue weighted by atomic mass is 16.5. The molecular weight excluding hydrogens is 424 g/mol. The molecule has 9 nitrogen and oxygen atoms in total. The summed E-state index contributed by atoms with van der Waals surface area (Å²) in [5.41, 5.74) is -0.467. The number of rotatable bonds is 7. The number of imide groups is 1. The van der Waals surface area contributed by atoms with E-state index in [4.69, 9.17) is 4.74 Å². The zero-order valence-corrected chi connectivity index (χ0v) is 20.1. The number of nitrogens with zero attached hydrogens (tertiary/aromatic N) is 2. The zero-order chi connectivity index (χ0) is 24.4. The number of anilines is 1. The molecular formula is C24H34N4O5. The predicted molar refractivity (Wildman–Crippen MR) is 124 cm³/mol. The van der Waals surface area contributed by atoms with Crippen LogP contribution in [0.25, 0.3) is 0 Å². The molecule has 1 aromatic rings. The van der Waals surface area contributed by atoms with Crippen molar-refractivity contribution >= 4 is 29.4 Å². The molecule has 33 heavy (non-hydrogen) atoms. The van der Waals surface area contributed by atoms with Gasteiger partial charge in [0.25, 0.3) is 5.91 Å². The quantitative estimate of drug-likeness (QED) is 0.611. The number of hydrogen-bond acceptors (Lipinski definition) is 5. The molecule has 1 aliphatic heterocycles. The van der Waals surface area contributed by atoms with Crippen LogP contribution in [0.2, 0.25) is 0 Å². The molecule has 5 amide bonds. The largest absolute Gasteiger partial charge is 0.497 e. The Hall–Kier alpha value is -3.10. The monoisotopic (exact) mass is 458 g/mol. The summed E-state index contributed by atoms with van der Waals surface area (Å²) in [6.07, 6.45) is 2.08. The Balaban J connectivity index is 1.63. The van der Waals surface area contributed by atoms with Crippen molar-refractivity contribution < 1.29 is 23.9 Å². The first-order valence-corrected chi connectivity index (χ1v) is 11.3. The topological polar surface area (TPSA) is 108 Å². The first kappa shape index (κ1) is 24.5. The standard InChI is InChI=1S/C24H34N4O5/c1-6-27(13-19(29)25-17-7-9-18(33-5)10-8-17)20(30)14-28-21(31)24(26-22(28)32)12-16(2)11-23(3,4)15-24/h7-10,16H,6,11-15H2,1-5H3,(H,25,29)(H,26,32). The van der Waals surface area contributed by atoms with Crippen LogP contribution < -0.4 is 15.4 Å². The van der Waals surface area contributed by atoms with Gasteiger partial charge >= 0.3 is 6.03 Å². The lowest BCUT2D eigenvalue weighted by Gasteiger charge is -2.43. The number of hydrogen-bond donors (Lipinski definition) is 2. The molecule has 180 valence electrons. The molecule has 2 aliphatic rings. The molecule has 1 aliphatic carbocycles. The summed E-state index contributed by atoms with van der Waals surface area (Å²) in [5, 5.41) is 5.61. The van der Waals surface area contributed by atoms with Crippen LogP contribution in [0, 0.1) is 11.3 Å². The Morgan fingerprint density at radius 3 is 2.45 bits per heavy atom. The van der Waals surface area contributed by atoms with Crippen LogP contribution in [0.3, 0.4) is 0 Å². The van der Waals surface area contributed by atoms with Crippen molar-refractivity contribution in [2.45, 2.75) is 52.5 Å². The molecule has 2 fully saturated rings. The number of likely N-dealkylation sites (N-methyl/N-ethyl adjacent to an activating group) is 1. The second-order valence-electron chi connectivity index (χ2n) is 9.94. The Morgan fingerprint density at radius 1 is 1.21 bits per heavy atom. The maximum absolute atomic E-state index is 13.3. The van der Waals surface area contributed by atoms with Crippen LogP contribution in [0.4, 0.5) is 10.5 Å². The third-order valence-electron chi connectivity index (χ3n) is 6.36. The Kier molecular flexibility index (Phi) is 7.00. The fourth-order valence-electron chi connectivity index (χ4n) is 5.31. The third-order valence-corrected chi connectivity index (χ3v) is 6.36. The highest BCUT2D eigenvalue weighted by Gasteiger charge is 2.56. The van der Waals surface area contributed by atoms with Crippen molar-refractivity contribution in [3.63, 3.8) is 0 Å². The Bertz CT molecular complexity index is 929. The number of carbonyl (C=O) groups is 4. The molecule has 1 saturated carbocycles. The van der Waals surface area contributed by atoms with Gasteiger partial charge in [0.1, 0.15) is 17.8 Å². The van der Waals surface area contributed by atoms with E-state index >= 15 is 0 Å². The first-order chi connectivity index (χ1) is 15.5. The first-order valence-electron chi connectivity index (χ1n) is 11.3. The van der Waals surface area contributed by atoms with Crippen LogP contribution in [-0.4, -0.2) is 65.8 Å². The van der Waals surface area contributed by atoms with Crippen molar-refractivity contribution in [1.82, 2.24) is 15.1 Å². The summed E-state index contributed by atoms with van der Waals surface area (Å²) in [5.74, 6) is -0.222. The summed E-state index contributed by atoms with van der Waals surface area (Å²) >= 11 is 0. The van der Waals surface area contributed by atoms with E-state index in [2.05, 4.69) is 31.4 Å². The van der Waals surface area contributed by atoms with E-state index in [1.54, 1.807) is 38.3 Å². The van der Waals surface area contributed by atoms with Crippen LogP contribution in [0.5, 0.6) is 5.75 Å². The number of methoxy groups -OCH3 is 1. The van der Waals surface area contributed by atoms with E-state index in [-0.39, 0.29) is 42.8 Å². The lowest BCUT2D eigenvalue weighted by molar-refractivity contribution is -0.141. The van der Waals surface area contributed by atoms with Crippen LogP contribution in [-0.2, 0) is 14.4 Å². The fraction of sp³-hybridized carbons (Fsp3) is 0.583. The van der Waals surface area contributed by atoms with Crippen LogP contribution in [0.15, 0.2) is 24.3 Å². The van der Waals surface area contributed by atoms with Crippen molar-refractivity contribution in [2.24, 2.45) is 11.3 Å². The molecule has 1 spiro atoms. The lowest BCUT2D eigenvalue weighted by atomic mass is 9.64. The van der Waals surface area contributed by atoms with Gasteiger partial charge in [-0.1, -0.05) is 20.8 Å². The number of urea groups is 1. The zero-order valence-electron chi connectivity index (χ0n) is 20.1. The molecule has 2 unspecified atom stereocenters. The molecule has 0 bridgehead atoms. The van der Waals surface area contributed by atoms with E-state index in [0.717, 1.165) is 11.3 Å². The van der Waals surface area contributed by atoms with E-state index in [1.165, 1.54) is 4.90 Å². The average Bonchev–Trinajstić information content (AvgIpc) is 2.94. The van der Waals surface area contributed by atoms with E-state index < -0.39 is 17.5 Å². The normalized spacial score (nSPS) is 23.9. The van der Waals surface area contributed by atoms with Crippen molar-refractivity contribution in [3.05, 3.63) is 24.3 Å². The van der Waals surface area contributed by atoms with Gasteiger partial charge in [0.2, 0.25) is 11.8 Å². The van der Waals surface area contributed by atoms with Crippen molar-refractivity contribution in [3.8, 4) is 5.75 Å². The minimum absolute atomic E-state index is 0.0877. The third kappa shape index (κ3) is 5.46. The SMILES string of the molecule is CCN(CC(=O)Nc1ccc(OC)cc1)C(=O)CN1C(=O)NC2(CC(C)CC(C)(C)C2)C1=O. The summed E-state index contributed by atoms with van der Waals surface area (Å²) in [4.78, 5) is 53.6. The summed E-state index contributed by atoms with van der Waals surface area (Å²) in [7, 11) is 1.56. The van der Waals surface area contributed by atoms with Gasteiger partial charge < -0.3 is 20.3 Å². The maximum Gasteiger partial charge on any atom is 0.325 e. The highest BCUT2D eigenvalue weighted by Crippen LogP contribution is 2.46. The predicted octanol–water partition coefficient (Wildman–Crippen LogP) is 2.62. The minimum Gasteiger partial charge on any atom is -0.497 e. The smallest absolute Gasteiger partial charge is 0.325 e. The van der Waals surface area contributed by atoms with E-state index in [0.29, 0.717) is 24.3 Å². The fourth-order valence-corrected chi connectivity index (χ4v) is 5.31. The van der Waals surface area contributed by atoms with Gasteiger partial charge in [-0.3, -0.25) is 19.3 Å². The molecule has 1 saturated heterocycles. The van der Waals surface area contributed by atoms with Gasteiger partial charge in [0, 0.05) is 12.2 Å². The van der Waals surface area contributed by atoms with Gasteiger partial charge in [-0.15, -0.1) is 0 Å². The van der Waals surface area contributed by atoms with Gasteiger partial charge in [0.15, 0.2) is 0 Å². The van der Waals surface area contributed by atoms with Crippen molar-refractivity contribution in [2.75, 3.05) is 32.1 Å². The molecule has 1 aromatic carbocycles. The number of carbonyl (C=O) groups excluding carboxylic acids is 4. The summed E-state index contributed by atoms with van der Waals surface area (Å²) in [6, 6.07) is 6.30. The van der Waals surface area contributed by atoms with E-state index in [9.17, 15) is 19.2 Å². The van der Waals surface area contributed by atoms with E-state index in [1.807, 2.05) is 0 Å². The second-order valence-corrected chi connectivity index (χ2v) is 9.94. The maximum atomic E-state index is 13.3. The Labute approximate surface area is 194 Å². The van der Waals surface area contributed by atoms with Gasteiger partial charge in [-0.25, -0.2) is 4.79 Å². The Morgan fingerprint density at radius 2 is 1.88 bits per heavy atom. The molecule has 3 rings (SSSR count). The summed E-state index contributed by atoms with van der Waals surface area (Å²) in [6.45, 7) is 7.72. The highest BCUT2D eigenvalue weighted by molar-refractivity contribution is 6.09. The minimum atomic E-state index is -0.957. The van der Waals surface area contributed by atoms with Crippen LogP contribution in [0.1, 0.15) is 47.0 Å². The summed E-state index contributed by atoms with van der Waals surface area (Å²) < 4.78 is 5.10. The number of benzene rings is 1. The molecule has 9 heteroatoms. The van der Waals surface area contributed by atoms with Gasteiger partial charge in [-0.2, -0.15) is 0 Å². The average molecular weight is 459 g/mol. The van der Waals surface area contributed by atoms with Crippen LogP contribution >= 0.6 is 0 Å². The second kappa shape index (κ2) is 9.41. The van der Waals surface area contributed by atoms with Gasteiger partial charge in [-0.05, 0) is 61.8 Å². The van der Waals surface area contributed by atoms with Crippen molar-refractivity contribution in [1.29, 1.82) is 0 Å². The molecule has 2 N–H and O–H groups in total. The lowest BCUT2D eigenvalue weighted by Crippen LogP contribution is -2.54. The van der Waals surface area contributed by atoms with Gasteiger partial charge in [0.05, 0.1) is 13.7 Å². The number of nitrogens with one attached hydrogen (secondary N) is 2.